The van der Waals surface area contributed by atoms with E-state index in [9.17, 15) is 4.79 Å². The zero-order valence-corrected chi connectivity index (χ0v) is 9.21. The van der Waals surface area contributed by atoms with Gasteiger partial charge in [-0.1, -0.05) is 13.8 Å². The third-order valence-electron chi connectivity index (χ3n) is 2.56. The molecule has 0 aliphatic rings. The van der Waals surface area contributed by atoms with Crippen LogP contribution in [0.2, 0.25) is 0 Å². The Morgan fingerprint density at radius 2 is 1.83 bits per heavy atom. The first kappa shape index (κ1) is 12.2. The standard InChI is InChI=1S/C9H16Cl2O/c1-3-9(4-2,8(11)12)6-5-7-10/h3-7H2,1-2H3. The highest BCUT2D eigenvalue weighted by atomic mass is 35.5. The van der Waals surface area contributed by atoms with Gasteiger partial charge in [0.15, 0.2) is 0 Å². The van der Waals surface area contributed by atoms with E-state index in [-0.39, 0.29) is 10.7 Å². The summed E-state index contributed by atoms with van der Waals surface area (Å²) >= 11 is 11.1. The van der Waals surface area contributed by atoms with Crippen LogP contribution in [0.3, 0.4) is 0 Å². The van der Waals surface area contributed by atoms with Crippen molar-refractivity contribution in [3.63, 3.8) is 0 Å². The number of halogens is 2. The molecular formula is C9H16Cl2O. The molecule has 0 unspecified atom stereocenters. The van der Waals surface area contributed by atoms with E-state index >= 15 is 0 Å². The van der Waals surface area contributed by atoms with Gasteiger partial charge >= 0.3 is 0 Å². The van der Waals surface area contributed by atoms with Crippen molar-refractivity contribution >= 4 is 28.4 Å². The highest BCUT2D eigenvalue weighted by Crippen LogP contribution is 2.34. The number of carbonyl (C=O) groups is 1. The van der Waals surface area contributed by atoms with Crippen LogP contribution in [0.25, 0.3) is 0 Å². The predicted octanol–water partition coefficient (Wildman–Crippen LogP) is 3.58. The second-order valence-corrected chi connectivity index (χ2v) is 3.77. The monoisotopic (exact) mass is 210 g/mol. The van der Waals surface area contributed by atoms with Crippen LogP contribution >= 0.6 is 23.2 Å². The molecule has 0 aliphatic carbocycles. The molecule has 0 fully saturated rings. The maximum atomic E-state index is 11.2. The Kier molecular flexibility index (Phi) is 5.94. The Hall–Kier alpha value is 0.250. The second kappa shape index (κ2) is 5.82. The summed E-state index contributed by atoms with van der Waals surface area (Å²) in [5.74, 6) is 0.603. The van der Waals surface area contributed by atoms with Gasteiger partial charge in [-0.15, -0.1) is 11.6 Å². The molecule has 0 N–H and O–H groups in total. The van der Waals surface area contributed by atoms with Crippen molar-refractivity contribution in [3.05, 3.63) is 0 Å². The topological polar surface area (TPSA) is 17.1 Å². The molecule has 0 spiro atoms. The van der Waals surface area contributed by atoms with Crippen LogP contribution in [0, 0.1) is 5.41 Å². The lowest BCUT2D eigenvalue weighted by Gasteiger charge is -2.26. The quantitative estimate of drug-likeness (QED) is 0.484. The van der Waals surface area contributed by atoms with Crippen molar-refractivity contribution in [2.45, 2.75) is 39.5 Å². The minimum Gasteiger partial charge on any atom is -0.281 e. The molecule has 1 nitrogen and oxygen atoms in total. The smallest absolute Gasteiger partial charge is 0.227 e. The molecule has 0 amide bonds. The number of hydrogen-bond donors (Lipinski definition) is 0. The summed E-state index contributed by atoms with van der Waals surface area (Å²) in [6, 6.07) is 0. The van der Waals surface area contributed by atoms with Gasteiger partial charge in [0.2, 0.25) is 5.24 Å². The molecule has 0 aromatic rings. The number of rotatable bonds is 6. The first-order valence-corrected chi connectivity index (χ1v) is 5.30. The van der Waals surface area contributed by atoms with Crippen molar-refractivity contribution in [2.24, 2.45) is 5.41 Å². The first-order chi connectivity index (χ1) is 5.63. The van der Waals surface area contributed by atoms with Crippen LogP contribution in [0.4, 0.5) is 0 Å². The van der Waals surface area contributed by atoms with Gasteiger partial charge in [-0.05, 0) is 37.3 Å². The van der Waals surface area contributed by atoms with Crippen molar-refractivity contribution < 1.29 is 4.79 Å². The first-order valence-electron chi connectivity index (χ1n) is 4.39. The average molecular weight is 211 g/mol. The summed E-state index contributed by atoms with van der Waals surface area (Å²) in [6.45, 7) is 4.00. The highest BCUT2D eigenvalue weighted by Gasteiger charge is 2.32. The summed E-state index contributed by atoms with van der Waals surface area (Å²) in [5, 5.41) is -0.211. The largest absolute Gasteiger partial charge is 0.281 e. The Labute approximate surface area is 84.4 Å². The summed E-state index contributed by atoms with van der Waals surface area (Å²) < 4.78 is 0. The fourth-order valence-electron chi connectivity index (χ4n) is 1.39. The highest BCUT2D eigenvalue weighted by molar-refractivity contribution is 6.64. The van der Waals surface area contributed by atoms with E-state index in [4.69, 9.17) is 23.2 Å². The molecule has 12 heavy (non-hydrogen) atoms. The van der Waals surface area contributed by atoms with Crippen LogP contribution in [0.15, 0.2) is 0 Å². The van der Waals surface area contributed by atoms with Gasteiger partial charge in [-0.2, -0.15) is 0 Å². The maximum Gasteiger partial charge on any atom is 0.227 e. The average Bonchev–Trinajstić information content (AvgIpc) is 2.07. The number of carbonyl (C=O) groups excluding carboxylic acids is 1. The zero-order valence-electron chi connectivity index (χ0n) is 7.70. The minimum absolute atomic E-state index is 0.211. The molecule has 3 heteroatoms. The summed E-state index contributed by atoms with van der Waals surface area (Å²) in [7, 11) is 0. The number of hydrogen-bond acceptors (Lipinski definition) is 1. The van der Waals surface area contributed by atoms with Crippen molar-refractivity contribution in [1.29, 1.82) is 0 Å². The van der Waals surface area contributed by atoms with Gasteiger partial charge in [-0.25, -0.2) is 0 Å². The predicted molar refractivity (Wildman–Crippen MR) is 53.8 cm³/mol. The Morgan fingerprint density at radius 3 is 2.08 bits per heavy atom. The lowest BCUT2D eigenvalue weighted by atomic mass is 9.80. The minimum atomic E-state index is -0.323. The third-order valence-corrected chi connectivity index (χ3v) is 3.23. The molecule has 0 saturated carbocycles. The molecule has 0 heterocycles. The van der Waals surface area contributed by atoms with E-state index in [2.05, 4.69) is 0 Å². The van der Waals surface area contributed by atoms with E-state index in [0.29, 0.717) is 5.88 Å². The van der Waals surface area contributed by atoms with Crippen LogP contribution in [0.1, 0.15) is 39.5 Å². The van der Waals surface area contributed by atoms with Gasteiger partial charge in [-0.3, -0.25) is 4.79 Å². The van der Waals surface area contributed by atoms with Gasteiger partial charge in [0.05, 0.1) is 0 Å². The molecule has 0 aromatic heterocycles. The van der Waals surface area contributed by atoms with E-state index < -0.39 is 0 Å². The molecule has 72 valence electrons. The molecule has 0 saturated heterocycles. The maximum absolute atomic E-state index is 11.2. The van der Waals surface area contributed by atoms with Crippen LogP contribution in [-0.4, -0.2) is 11.1 Å². The molecule has 0 radical (unpaired) electrons. The molecule has 0 atom stereocenters. The lowest BCUT2D eigenvalue weighted by molar-refractivity contribution is -0.121. The molecule has 0 aromatic carbocycles. The van der Waals surface area contributed by atoms with Crippen LogP contribution < -0.4 is 0 Å². The number of alkyl halides is 1. The van der Waals surface area contributed by atoms with Crippen molar-refractivity contribution in [1.82, 2.24) is 0 Å². The van der Waals surface area contributed by atoms with Gasteiger partial charge < -0.3 is 0 Å². The summed E-state index contributed by atoms with van der Waals surface area (Å²) in [4.78, 5) is 11.2. The van der Waals surface area contributed by atoms with Gasteiger partial charge in [0.1, 0.15) is 0 Å². The summed E-state index contributed by atoms with van der Waals surface area (Å²) in [5.41, 5.74) is -0.323. The molecule has 0 bridgehead atoms. The SMILES string of the molecule is CCC(CC)(CCCCl)C(=O)Cl. The molecule has 0 rings (SSSR count). The fourth-order valence-corrected chi connectivity index (χ4v) is 1.88. The Bertz CT molecular complexity index is 141. The van der Waals surface area contributed by atoms with Gasteiger partial charge in [0, 0.05) is 11.3 Å². The second-order valence-electron chi connectivity index (χ2n) is 3.05. The fraction of sp³-hybridized carbons (Fsp3) is 0.889. The van der Waals surface area contributed by atoms with E-state index in [1.807, 2.05) is 13.8 Å². The van der Waals surface area contributed by atoms with E-state index in [1.54, 1.807) is 0 Å². The normalized spacial score (nSPS) is 11.7. The molecular weight excluding hydrogens is 195 g/mol. The zero-order chi connectivity index (χ0) is 9.61. The van der Waals surface area contributed by atoms with Crippen molar-refractivity contribution in [3.8, 4) is 0 Å². The van der Waals surface area contributed by atoms with Crippen molar-refractivity contribution in [2.75, 3.05) is 5.88 Å². The van der Waals surface area contributed by atoms with E-state index in [0.717, 1.165) is 25.7 Å². The van der Waals surface area contributed by atoms with Gasteiger partial charge in [0.25, 0.3) is 0 Å². The Balaban J connectivity index is 4.25. The summed E-state index contributed by atoms with van der Waals surface area (Å²) in [6.07, 6.45) is 3.29. The van der Waals surface area contributed by atoms with Crippen LogP contribution in [0.5, 0.6) is 0 Å². The third kappa shape index (κ3) is 2.95. The van der Waals surface area contributed by atoms with Crippen LogP contribution in [-0.2, 0) is 4.79 Å². The molecule has 0 aliphatic heterocycles. The Morgan fingerprint density at radius 1 is 1.33 bits per heavy atom. The van der Waals surface area contributed by atoms with E-state index in [1.165, 1.54) is 0 Å². The lowest BCUT2D eigenvalue weighted by Crippen LogP contribution is -2.26.